The molecule has 31 heavy (non-hydrogen) atoms. The van der Waals surface area contributed by atoms with Crippen molar-refractivity contribution in [1.82, 2.24) is 10.2 Å². The number of nitrogens with zero attached hydrogens (tertiary/aromatic N) is 1. The number of hydrogen-bond donors (Lipinski definition) is 2. The van der Waals surface area contributed by atoms with E-state index in [-0.39, 0.29) is 12.5 Å². The summed E-state index contributed by atoms with van der Waals surface area (Å²) in [5.41, 5.74) is 4.56. The molecule has 0 aliphatic heterocycles. The highest BCUT2D eigenvalue weighted by atomic mass is 16.5. The summed E-state index contributed by atoms with van der Waals surface area (Å²) in [6.45, 7) is 4.11. The lowest BCUT2D eigenvalue weighted by Crippen LogP contribution is -2.41. The third-order valence-electron chi connectivity index (χ3n) is 5.86. The van der Waals surface area contributed by atoms with Crippen LogP contribution in [0.1, 0.15) is 49.7 Å². The molecule has 0 radical (unpaired) electrons. The Morgan fingerprint density at radius 1 is 1.03 bits per heavy atom. The number of carbonyl (C=O) groups excluding carboxylic acids is 1. The molecule has 0 fully saturated rings. The van der Waals surface area contributed by atoms with Crippen molar-refractivity contribution < 1.29 is 19.4 Å². The predicted molar refractivity (Wildman–Crippen MR) is 121 cm³/mol. The van der Waals surface area contributed by atoms with Crippen LogP contribution in [-0.2, 0) is 9.53 Å². The number of rotatable bonds is 11. The zero-order chi connectivity index (χ0) is 22.2. The van der Waals surface area contributed by atoms with Crippen molar-refractivity contribution >= 4 is 12.1 Å². The number of hydrogen-bond acceptors (Lipinski definition) is 4. The molecule has 0 spiro atoms. The summed E-state index contributed by atoms with van der Waals surface area (Å²) in [5, 5.41) is 12.0. The Balaban J connectivity index is 1.53. The first-order chi connectivity index (χ1) is 15.0. The monoisotopic (exact) mass is 424 g/mol. The second-order valence-corrected chi connectivity index (χ2v) is 8.16. The highest BCUT2D eigenvalue weighted by molar-refractivity contribution is 5.81. The molecule has 1 amide bonds. The van der Waals surface area contributed by atoms with Crippen LogP contribution >= 0.6 is 0 Å². The fourth-order valence-corrected chi connectivity index (χ4v) is 4.14. The van der Waals surface area contributed by atoms with E-state index in [1.54, 1.807) is 0 Å². The van der Waals surface area contributed by atoms with Crippen LogP contribution in [0.5, 0.6) is 0 Å². The molecule has 0 heterocycles. The zero-order valence-electron chi connectivity index (χ0n) is 18.3. The summed E-state index contributed by atoms with van der Waals surface area (Å²) in [4.78, 5) is 26.1. The summed E-state index contributed by atoms with van der Waals surface area (Å²) in [6.07, 6.45) is 2.63. The minimum Gasteiger partial charge on any atom is -0.480 e. The first-order valence-electron chi connectivity index (χ1n) is 11.0. The Morgan fingerprint density at radius 3 is 2.19 bits per heavy atom. The van der Waals surface area contributed by atoms with Gasteiger partial charge < -0.3 is 20.1 Å². The summed E-state index contributed by atoms with van der Waals surface area (Å²) >= 11 is 0. The van der Waals surface area contributed by atoms with E-state index in [1.165, 1.54) is 0 Å². The maximum Gasteiger partial charge on any atom is 0.407 e. The molecule has 2 aromatic rings. The second-order valence-electron chi connectivity index (χ2n) is 8.16. The van der Waals surface area contributed by atoms with Gasteiger partial charge in [0.1, 0.15) is 12.6 Å². The van der Waals surface area contributed by atoms with E-state index < -0.39 is 18.1 Å². The number of ether oxygens (including phenoxy) is 1. The van der Waals surface area contributed by atoms with Crippen molar-refractivity contribution in [3.63, 3.8) is 0 Å². The Hall–Kier alpha value is -2.86. The second kappa shape index (κ2) is 11.0. The van der Waals surface area contributed by atoms with E-state index in [0.717, 1.165) is 48.2 Å². The van der Waals surface area contributed by atoms with Gasteiger partial charge in [-0.05, 0) is 61.7 Å². The number of benzene rings is 2. The van der Waals surface area contributed by atoms with Gasteiger partial charge in [-0.1, -0.05) is 61.9 Å². The lowest BCUT2D eigenvalue weighted by Gasteiger charge is -2.19. The van der Waals surface area contributed by atoms with Crippen molar-refractivity contribution in [2.75, 3.05) is 26.7 Å². The first kappa shape index (κ1) is 22.8. The van der Waals surface area contributed by atoms with Gasteiger partial charge in [-0.2, -0.15) is 0 Å². The van der Waals surface area contributed by atoms with Gasteiger partial charge in [0.25, 0.3) is 0 Å². The van der Waals surface area contributed by atoms with Crippen molar-refractivity contribution in [2.24, 2.45) is 0 Å². The van der Waals surface area contributed by atoms with E-state index in [2.05, 4.69) is 41.4 Å². The Labute approximate surface area is 184 Å². The first-order valence-corrected chi connectivity index (χ1v) is 11.0. The standard InChI is InChI=1S/C25H32N2O4/c1-3-4-15-27(2)16-9-14-23(24(28)29)26-25(30)31-17-22-20-12-7-5-10-18(20)19-11-6-8-13-21(19)22/h5-8,10-13,22-23H,3-4,9,14-17H2,1-2H3,(H,26,30)(H,28,29). The zero-order valence-corrected chi connectivity index (χ0v) is 18.3. The molecule has 6 heteroatoms. The molecule has 6 nitrogen and oxygen atoms in total. The van der Waals surface area contributed by atoms with Gasteiger partial charge in [-0.25, -0.2) is 9.59 Å². The Morgan fingerprint density at radius 2 is 1.61 bits per heavy atom. The number of carboxylic acid groups (broad SMARTS) is 1. The number of carbonyl (C=O) groups is 2. The van der Waals surface area contributed by atoms with E-state index in [1.807, 2.05) is 31.3 Å². The van der Waals surface area contributed by atoms with Gasteiger partial charge in [0, 0.05) is 5.92 Å². The minimum atomic E-state index is -1.04. The number of nitrogens with one attached hydrogen (secondary N) is 1. The van der Waals surface area contributed by atoms with Crippen LogP contribution in [0.15, 0.2) is 48.5 Å². The lowest BCUT2D eigenvalue weighted by atomic mass is 9.98. The molecule has 1 unspecified atom stereocenters. The molecule has 2 N–H and O–H groups in total. The van der Waals surface area contributed by atoms with Gasteiger partial charge in [0.05, 0.1) is 0 Å². The number of alkyl carbamates (subject to hydrolysis) is 1. The average Bonchev–Trinajstić information content (AvgIpc) is 3.09. The Bertz CT molecular complexity index is 853. The largest absolute Gasteiger partial charge is 0.480 e. The quantitative estimate of drug-likeness (QED) is 0.556. The van der Waals surface area contributed by atoms with Crippen LogP contribution in [0.4, 0.5) is 4.79 Å². The molecular formula is C25H32N2O4. The fourth-order valence-electron chi connectivity index (χ4n) is 4.14. The summed E-state index contributed by atoms with van der Waals surface area (Å²) in [7, 11) is 2.03. The van der Waals surface area contributed by atoms with Crippen molar-refractivity contribution in [3.8, 4) is 11.1 Å². The fraction of sp³-hybridized carbons (Fsp3) is 0.440. The third-order valence-corrected chi connectivity index (χ3v) is 5.86. The smallest absolute Gasteiger partial charge is 0.407 e. The molecule has 1 atom stereocenters. The van der Waals surface area contributed by atoms with Crippen LogP contribution in [0, 0.1) is 0 Å². The summed E-state index contributed by atoms with van der Waals surface area (Å²) < 4.78 is 5.48. The van der Waals surface area contributed by atoms with Crippen LogP contribution in [0.25, 0.3) is 11.1 Å². The molecule has 0 saturated carbocycles. The molecule has 166 valence electrons. The molecule has 0 bridgehead atoms. The third kappa shape index (κ3) is 5.85. The molecule has 0 aromatic heterocycles. The molecule has 1 aliphatic carbocycles. The van der Waals surface area contributed by atoms with E-state index in [0.29, 0.717) is 12.8 Å². The number of carboxylic acids is 1. The number of fused-ring (bicyclic) bond motifs is 3. The molecular weight excluding hydrogens is 392 g/mol. The van der Waals surface area contributed by atoms with Crippen LogP contribution < -0.4 is 5.32 Å². The van der Waals surface area contributed by atoms with Crippen LogP contribution in [0.3, 0.4) is 0 Å². The van der Waals surface area contributed by atoms with Gasteiger partial charge in [0.15, 0.2) is 0 Å². The Kier molecular flexibility index (Phi) is 8.06. The van der Waals surface area contributed by atoms with E-state index in [4.69, 9.17) is 4.74 Å². The number of aliphatic carboxylic acids is 1. The van der Waals surface area contributed by atoms with E-state index in [9.17, 15) is 14.7 Å². The summed E-state index contributed by atoms with van der Waals surface area (Å²) in [5.74, 6) is -1.08. The number of unbranched alkanes of at least 4 members (excludes halogenated alkanes) is 1. The van der Waals surface area contributed by atoms with Gasteiger partial charge in [-0.3, -0.25) is 0 Å². The predicted octanol–water partition coefficient (Wildman–Crippen LogP) is 4.49. The van der Waals surface area contributed by atoms with Crippen molar-refractivity contribution in [1.29, 1.82) is 0 Å². The highest BCUT2D eigenvalue weighted by Gasteiger charge is 2.29. The van der Waals surface area contributed by atoms with Crippen LogP contribution in [-0.4, -0.2) is 54.9 Å². The van der Waals surface area contributed by atoms with Gasteiger partial charge >= 0.3 is 12.1 Å². The highest BCUT2D eigenvalue weighted by Crippen LogP contribution is 2.44. The maximum absolute atomic E-state index is 12.4. The minimum absolute atomic E-state index is 0.0476. The molecule has 1 aliphatic rings. The average molecular weight is 425 g/mol. The lowest BCUT2D eigenvalue weighted by molar-refractivity contribution is -0.139. The summed E-state index contributed by atoms with van der Waals surface area (Å²) in [6, 6.07) is 15.3. The van der Waals surface area contributed by atoms with Crippen molar-refractivity contribution in [3.05, 3.63) is 59.7 Å². The van der Waals surface area contributed by atoms with E-state index >= 15 is 0 Å². The SMILES string of the molecule is CCCCN(C)CCCC(NC(=O)OCC1c2ccccc2-c2ccccc21)C(=O)O. The molecule has 2 aromatic carbocycles. The molecule has 3 rings (SSSR count). The van der Waals surface area contributed by atoms with Gasteiger partial charge in [-0.15, -0.1) is 0 Å². The van der Waals surface area contributed by atoms with Gasteiger partial charge in [0.2, 0.25) is 0 Å². The maximum atomic E-state index is 12.4. The van der Waals surface area contributed by atoms with Crippen molar-refractivity contribution in [2.45, 2.75) is 44.6 Å². The normalized spacial score (nSPS) is 13.5. The molecule has 0 saturated heterocycles. The van der Waals surface area contributed by atoms with Crippen LogP contribution in [0.2, 0.25) is 0 Å². The number of amides is 1. The topological polar surface area (TPSA) is 78.9 Å².